The maximum Gasteiger partial charge on any atom is 0.218 e. The van der Waals surface area contributed by atoms with E-state index < -0.39 is 0 Å². The topological polar surface area (TPSA) is 64.9 Å². The molecule has 2 heterocycles. The molecule has 0 atom stereocenters. The predicted octanol–water partition coefficient (Wildman–Crippen LogP) is 2.09. The number of aromatic nitrogens is 4. The second-order valence-electron chi connectivity index (χ2n) is 4.55. The number of nitrogens with one attached hydrogen (secondary N) is 1. The van der Waals surface area contributed by atoms with Crippen LogP contribution in [-0.2, 0) is 20.0 Å². The Labute approximate surface area is 119 Å². The number of ether oxygens (including phenoxy) is 1. The highest BCUT2D eigenvalue weighted by atomic mass is 16.5. The van der Waals surface area contributed by atoms with Crippen molar-refractivity contribution < 1.29 is 4.74 Å². The Morgan fingerprint density at radius 2 is 2.10 bits per heavy atom. The van der Waals surface area contributed by atoms with Gasteiger partial charge in [-0.2, -0.15) is 10.1 Å². The molecule has 0 radical (unpaired) electrons. The summed E-state index contributed by atoms with van der Waals surface area (Å²) in [4.78, 5) is 8.59. The maximum atomic E-state index is 5.42. The minimum atomic E-state index is 0.596. The molecule has 0 amide bonds. The zero-order chi connectivity index (χ0) is 14.5. The molecule has 0 saturated heterocycles. The molecule has 108 valence electrons. The van der Waals surface area contributed by atoms with Crippen molar-refractivity contribution in [1.29, 1.82) is 0 Å². The Kier molecular flexibility index (Phi) is 4.55. The van der Waals surface area contributed by atoms with Crippen molar-refractivity contribution in [3.8, 4) is 5.88 Å². The van der Waals surface area contributed by atoms with Gasteiger partial charge < -0.3 is 10.1 Å². The highest BCUT2D eigenvalue weighted by Crippen LogP contribution is 2.15. The minimum Gasteiger partial charge on any atom is -0.478 e. The van der Waals surface area contributed by atoms with E-state index in [0.29, 0.717) is 24.9 Å². The molecule has 0 aliphatic heterocycles. The van der Waals surface area contributed by atoms with Crippen LogP contribution in [0, 0.1) is 6.92 Å². The number of hydrogen-bond donors (Lipinski definition) is 1. The molecule has 0 fully saturated rings. The van der Waals surface area contributed by atoms with Gasteiger partial charge in [-0.3, -0.25) is 4.68 Å². The lowest BCUT2D eigenvalue weighted by molar-refractivity contribution is 0.325. The standard InChI is InChI=1S/C14H21N5O/c1-5-12-11(9-19(4)18-12)8-15-13-7-14(20-6-2)17-10(3)16-13/h7,9H,5-6,8H2,1-4H3,(H,15,16,17). The van der Waals surface area contributed by atoms with Gasteiger partial charge in [-0.25, -0.2) is 4.98 Å². The Bertz CT molecular complexity index is 579. The summed E-state index contributed by atoms with van der Waals surface area (Å²) in [5.41, 5.74) is 2.29. The second-order valence-corrected chi connectivity index (χ2v) is 4.55. The van der Waals surface area contributed by atoms with Crippen LogP contribution in [-0.4, -0.2) is 26.4 Å². The van der Waals surface area contributed by atoms with Crippen molar-refractivity contribution in [2.45, 2.75) is 33.7 Å². The lowest BCUT2D eigenvalue weighted by Gasteiger charge is -2.08. The molecule has 2 aromatic rings. The van der Waals surface area contributed by atoms with Crippen LogP contribution in [0.3, 0.4) is 0 Å². The predicted molar refractivity (Wildman–Crippen MR) is 77.9 cm³/mol. The third-order valence-electron chi connectivity index (χ3n) is 2.89. The third kappa shape index (κ3) is 3.46. The van der Waals surface area contributed by atoms with E-state index in [-0.39, 0.29) is 0 Å². The molecule has 0 aliphatic rings. The van der Waals surface area contributed by atoms with Crippen LogP contribution >= 0.6 is 0 Å². The van der Waals surface area contributed by atoms with Gasteiger partial charge in [0.25, 0.3) is 0 Å². The number of rotatable bonds is 6. The smallest absolute Gasteiger partial charge is 0.218 e. The fourth-order valence-electron chi connectivity index (χ4n) is 2.07. The summed E-state index contributed by atoms with van der Waals surface area (Å²) >= 11 is 0. The van der Waals surface area contributed by atoms with Crippen LogP contribution in [0.25, 0.3) is 0 Å². The summed E-state index contributed by atoms with van der Waals surface area (Å²) in [5, 5.41) is 7.73. The molecule has 2 rings (SSSR count). The van der Waals surface area contributed by atoms with Crippen LogP contribution in [0.2, 0.25) is 0 Å². The van der Waals surface area contributed by atoms with Gasteiger partial charge in [-0.05, 0) is 20.3 Å². The first-order valence-corrected chi connectivity index (χ1v) is 6.86. The molecule has 0 unspecified atom stereocenters. The van der Waals surface area contributed by atoms with E-state index in [9.17, 15) is 0 Å². The normalized spacial score (nSPS) is 10.6. The monoisotopic (exact) mass is 275 g/mol. The fourth-order valence-corrected chi connectivity index (χ4v) is 2.07. The van der Waals surface area contributed by atoms with Crippen molar-refractivity contribution in [1.82, 2.24) is 19.7 Å². The van der Waals surface area contributed by atoms with Gasteiger partial charge in [-0.1, -0.05) is 6.92 Å². The van der Waals surface area contributed by atoms with Gasteiger partial charge in [0.05, 0.1) is 12.3 Å². The van der Waals surface area contributed by atoms with E-state index >= 15 is 0 Å². The molecule has 0 aromatic carbocycles. The zero-order valence-electron chi connectivity index (χ0n) is 12.5. The molecule has 1 N–H and O–H groups in total. The van der Waals surface area contributed by atoms with E-state index in [1.165, 1.54) is 5.56 Å². The summed E-state index contributed by atoms with van der Waals surface area (Å²) in [6.07, 6.45) is 2.95. The lowest BCUT2D eigenvalue weighted by atomic mass is 10.2. The molecule has 20 heavy (non-hydrogen) atoms. The fraction of sp³-hybridized carbons (Fsp3) is 0.500. The Hall–Kier alpha value is -2.11. The summed E-state index contributed by atoms with van der Waals surface area (Å²) in [6.45, 7) is 7.19. The van der Waals surface area contributed by atoms with Crippen molar-refractivity contribution >= 4 is 5.82 Å². The van der Waals surface area contributed by atoms with Gasteiger partial charge in [0.15, 0.2) is 0 Å². The average Bonchev–Trinajstić information content (AvgIpc) is 2.76. The zero-order valence-corrected chi connectivity index (χ0v) is 12.5. The van der Waals surface area contributed by atoms with E-state index in [1.807, 2.05) is 37.8 Å². The van der Waals surface area contributed by atoms with E-state index in [4.69, 9.17) is 4.74 Å². The molecule has 0 aliphatic carbocycles. The highest BCUT2D eigenvalue weighted by molar-refractivity contribution is 5.39. The number of nitrogens with zero attached hydrogens (tertiary/aromatic N) is 4. The van der Waals surface area contributed by atoms with Crippen molar-refractivity contribution in [2.24, 2.45) is 7.05 Å². The SMILES string of the molecule is CCOc1cc(NCc2cn(C)nc2CC)nc(C)n1. The molecular weight excluding hydrogens is 254 g/mol. The second kappa shape index (κ2) is 6.36. The molecular formula is C14H21N5O. The van der Waals surface area contributed by atoms with E-state index in [0.717, 1.165) is 17.9 Å². The van der Waals surface area contributed by atoms with Crippen LogP contribution in [0.1, 0.15) is 30.9 Å². The summed E-state index contributed by atoms with van der Waals surface area (Å²) < 4.78 is 7.26. The third-order valence-corrected chi connectivity index (χ3v) is 2.89. The van der Waals surface area contributed by atoms with E-state index in [1.54, 1.807) is 0 Å². The highest BCUT2D eigenvalue weighted by Gasteiger charge is 2.07. The Balaban J connectivity index is 2.10. The molecule has 0 bridgehead atoms. The van der Waals surface area contributed by atoms with Gasteiger partial charge >= 0.3 is 0 Å². The van der Waals surface area contributed by atoms with Gasteiger partial charge in [-0.15, -0.1) is 0 Å². The van der Waals surface area contributed by atoms with Crippen LogP contribution in [0.5, 0.6) is 5.88 Å². The van der Waals surface area contributed by atoms with Gasteiger partial charge in [0, 0.05) is 31.4 Å². The number of anilines is 1. The summed E-state index contributed by atoms with van der Waals surface area (Å²) in [7, 11) is 1.94. The van der Waals surface area contributed by atoms with Crippen molar-refractivity contribution in [2.75, 3.05) is 11.9 Å². The largest absolute Gasteiger partial charge is 0.478 e. The molecule has 2 aromatic heterocycles. The van der Waals surface area contributed by atoms with Crippen LogP contribution in [0.4, 0.5) is 5.82 Å². The first-order valence-electron chi connectivity index (χ1n) is 6.86. The molecule has 6 heteroatoms. The summed E-state index contributed by atoms with van der Waals surface area (Å²) in [6, 6.07) is 1.82. The molecule has 0 spiro atoms. The van der Waals surface area contributed by atoms with E-state index in [2.05, 4.69) is 27.3 Å². The quantitative estimate of drug-likeness (QED) is 0.874. The van der Waals surface area contributed by atoms with Gasteiger partial charge in [0.1, 0.15) is 11.6 Å². The first kappa shape index (κ1) is 14.3. The first-order chi connectivity index (χ1) is 9.62. The van der Waals surface area contributed by atoms with Crippen molar-refractivity contribution in [3.05, 3.63) is 29.3 Å². The van der Waals surface area contributed by atoms with Crippen LogP contribution < -0.4 is 10.1 Å². The number of hydrogen-bond acceptors (Lipinski definition) is 5. The molecule has 0 saturated carbocycles. The van der Waals surface area contributed by atoms with Gasteiger partial charge in [0.2, 0.25) is 5.88 Å². The number of aryl methyl sites for hydroxylation is 3. The Morgan fingerprint density at radius 3 is 2.80 bits per heavy atom. The average molecular weight is 275 g/mol. The lowest BCUT2D eigenvalue weighted by Crippen LogP contribution is -2.05. The minimum absolute atomic E-state index is 0.596. The maximum absolute atomic E-state index is 5.42. The van der Waals surface area contributed by atoms with Crippen molar-refractivity contribution in [3.63, 3.8) is 0 Å². The molecule has 6 nitrogen and oxygen atoms in total. The Morgan fingerprint density at radius 1 is 1.30 bits per heavy atom. The summed E-state index contributed by atoms with van der Waals surface area (Å²) in [5.74, 6) is 2.07. The van der Waals surface area contributed by atoms with Crippen LogP contribution in [0.15, 0.2) is 12.3 Å².